The van der Waals surface area contributed by atoms with E-state index in [0.717, 1.165) is 0 Å². The molecule has 0 heterocycles. The molecule has 0 aromatic heterocycles. The summed E-state index contributed by atoms with van der Waals surface area (Å²) >= 11 is 0. The Morgan fingerprint density at radius 2 is 2.33 bits per heavy atom. The number of para-hydroxylation sites is 1. The number of nitrogens with two attached hydrogens (primary N) is 1. The average Bonchev–Trinajstić information content (AvgIpc) is 2.31. The van der Waals surface area contributed by atoms with E-state index in [1.165, 1.54) is 24.3 Å². The number of carbonyl (C=O) groups excluding carboxylic acids is 1. The summed E-state index contributed by atoms with van der Waals surface area (Å²) < 4.78 is 0. The first kappa shape index (κ1) is 13.7. The Kier molecular flexibility index (Phi) is 4.39. The summed E-state index contributed by atoms with van der Waals surface area (Å²) in [6.07, 6.45) is 1.69. The SMILES string of the molecule is C=CCC(N)C(=O)Nc1c(O)cccc1[N+](=O)[O-]. The zero-order valence-electron chi connectivity index (χ0n) is 9.50. The number of phenols is 1. The first-order valence-corrected chi connectivity index (χ1v) is 5.11. The molecule has 1 aromatic rings. The standard InChI is InChI=1S/C11H13N3O4/c1-2-4-7(12)11(16)13-10-8(14(17)18)5-3-6-9(10)15/h2-3,5-7,15H,1,4,12H2,(H,13,16). The largest absolute Gasteiger partial charge is 0.505 e. The second-order valence-electron chi connectivity index (χ2n) is 3.55. The van der Waals surface area contributed by atoms with Crippen LogP contribution in [0.25, 0.3) is 0 Å². The Balaban J connectivity index is 3.00. The van der Waals surface area contributed by atoms with E-state index < -0.39 is 22.6 Å². The number of anilines is 1. The fraction of sp³-hybridized carbons (Fsp3) is 0.182. The third-order valence-electron chi connectivity index (χ3n) is 2.22. The van der Waals surface area contributed by atoms with Crippen molar-refractivity contribution in [1.29, 1.82) is 0 Å². The number of rotatable bonds is 5. The molecule has 0 spiro atoms. The minimum atomic E-state index is -0.873. The van der Waals surface area contributed by atoms with E-state index in [2.05, 4.69) is 11.9 Å². The highest BCUT2D eigenvalue weighted by Gasteiger charge is 2.21. The van der Waals surface area contributed by atoms with E-state index in [1.807, 2.05) is 0 Å². The van der Waals surface area contributed by atoms with E-state index in [-0.39, 0.29) is 17.9 Å². The number of carbonyl (C=O) groups is 1. The maximum Gasteiger partial charge on any atom is 0.296 e. The van der Waals surface area contributed by atoms with E-state index in [9.17, 15) is 20.0 Å². The quantitative estimate of drug-likeness (QED) is 0.314. The molecular weight excluding hydrogens is 238 g/mol. The van der Waals surface area contributed by atoms with Crippen LogP contribution in [-0.2, 0) is 4.79 Å². The summed E-state index contributed by atoms with van der Waals surface area (Å²) in [5.41, 5.74) is 4.87. The van der Waals surface area contributed by atoms with Gasteiger partial charge in [0, 0.05) is 6.07 Å². The van der Waals surface area contributed by atoms with Gasteiger partial charge in [-0.25, -0.2) is 0 Å². The Labute approximate surface area is 103 Å². The smallest absolute Gasteiger partial charge is 0.296 e. The fourth-order valence-corrected chi connectivity index (χ4v) is 1.31. The molecule has 1 rings (SSSR count). The van der Waals surface area contributed by atoms with E-state index in [0.29, 0.717) is 0 Å². The molecular formula is C11H13N3O4. The molecule has 0 saturated carbocycles. The zero-order valence-corrected chi connectivity index (χ0v) is 9.50. The number of nitrogens with zero attached hydrogens (tertiary/aromatic N) is 1. The van der Waals surface area contributed by atoms with Crippen molar-refractivity contribution < 1.29 is 14.8 Å². The lowest BCUT2D eigenvalue weighted by Gasteiger charge is -2.11. The Hall–Kier alpha value is -2.41. The van der Waals surface area contributed by atoms with Gasteiger partial charge in [-0.05, 0) is 12.5 Å². The molecule has 1 atom stereocenters. The molecule has 4 N–H and O–H groups in total. The summed E-state index contributed by atoms with van der Waals surface area (Å²) in [6.45, 7) is 3.44. The second-order valence-corrected chi connectivity index (χ2v) is 3.55. The highest BCUT2D eigenvalue weighted by atomic mass is 16.6. The summed E-state index contributed by atoms with van der Waals surface area (Å²) in [4.78, 5) is 21.7. The molecule has 0 aliphatic carbocycles. The van der Waals surface area contributed by atoms with Crippen LogP contribution in [0.3, 0.4) is 0 Å². The van der Waals surface area contributed by atoms with Crippen molar-refractivity contribution in [3.8, 4) is 5.75 Å². The van der Waals surface area contributed by atoms with Gasteiger partial charge in [-0.15, -0.1) is 6.58 Å². The number of amides is 1. The van der Waals surface area contributed by atoms with E-state index >= 15 is 0 Å². The summed E-state index contributed by atoms with van der Waals surface area (Å²) in [5.74, 6) is -1.01. The normalized spacial score (nSPS) is 11.6. The summed E-state index contributed by atoms with van der Waals surface area (Å²) in [7, 11) is 0. The number of nitrogens with one attached hydrogen (secondary N) is 1. The van der Waals surface area contributed by atoms with Crippen LogP contribution in [-0.4, -0.2) is 22.0 Å². The van der Waals surface area contributed by atoms with Crippen LogP contribution in [0.1, 0.15) is 6.42 Å². The molecule has 1 amide bonds. The zero-order chi connectivity index (χ0) is 13.7. The molecule has 7 nitrogen and oxygen atoms in total. The molecule has 1 unspecified atom stereocenters. The fourth-order valence-electron chi connectivity index (χ4n) is 1.31. The van der Waals surface area contributed by atoms with Crippen molar-refractivity contribution in [2.24, 2.45) is 5.73 Å². The van der Waals surface area contributed by atoms with Crippen LogP contribution in [0.4, 0.5) is 11.4 Å². The lowest BCUT2D eigenvalue weighted by Crippen LogP contribution is -2.35. The van der Waals surface area contributed by atoms with Crippen molar-refractivity contribution in [2.45, 2.75) is 12.5 Å². The third kappa shape index (κ3) is 3.05. The van der Waals surface area contributed by atoms with Crippen LogP contribution < -0.4 is 11.1 Å². The molecule has 0 bridgehead atoms. The minimum absolute atomic E-state index is 0.229. The predicted octanol–water partition coefficient (Wildman–Crippen LogP) is 1.14. The number of hydrogen-bond acceptors (Lipinski definition) is 5. The van der Waals surface area contributed by atoms with Gasteiger partial charge in [0.1, 0.15) is 5.75 Å². The topological polar surface area (TPSA) is 118 Å². The number of phenolic OH excluding ortho intramolecular Hbond substituents is 1. The van der Waals surface area contributed by atoms with Gasteiger partial charge in [-0.3, -0.25) is 14.9 Å². The van der Waals surface area contributed by atoms with Gasteiger partial charge in [-0.2, -0.15) is 0 Å². The number of nitro benzene ring substituents is 1. The number of aromatic hydroxyl groups is 1. The summed E-state index contributed by atoms with van der Waals surface area (Å²) in [6, 6.07) is 2.85. The summed E-state index contributed by atoms with van der Waals surface area (Å²) in [5, 5.41) is 22.5. The van der Waals surface area contributed by atoms with Crippen LogP contribution in [0.15, 0.2) is 30.9 Å². The van der Waals surface area contributed by atoms with Gasteiger partial charge >= 0.3 is 0 Å². The van der Waals surface area contributed by atoms with Gasteiger partial charge in [-0.1, -0.05) is 12.1 Å². The molecule has 0 fully saturated rings. The van der Waals surface area contributed by atoms with Crippen LogP contribution in [0.5, 0.6) is 5.75 Å². The van der Waals surface area contributed by atoms with Crippen LogP contribution in [0.2, 0.25) is 0 Å². The van der Waals surface area contributed by atoms with Crippen molar-refractivity contribution in [2.75, 3.05) is 5.32 Å². The van der Waals surface area contributed by atoms with Gasteiger partial charge in [0.05, 0.1) is 11.0 Å². The minimum Gasteiger partial charge on any atom is -0.505 e. The van der Waals surface area contributed by atoms with Crippen molar-refractivity contribution in [3.05, 3.63) is 41.0 Å². The Morgan fingerprint density at radius 3 is 2.89 bits per heavy atom. The molecule has 1 aromatic carbocycles. The molecule has 0 saturated heterocycles. The lowest BCUT2D eigenvalue weighted by molar-refractivity contribution is -0.384. The maximum absolute atomic E-state index is 11.6. The predicted molar refractivity (Wildman–Crippen MR) is 66.2 cm³/mol. The van der Waals surface area contributed by atoms with Crippen LogP contribution in [0, 0.1) is 10.1 Å². The molecule has 0 aliphatic heterocycles. The van der Waals surface area contributed by atoms with Crippen molar-refractivity contribution in [3.63, 3.8) is 0 Å². The highest BCUT2D eigenvalue weighted by molar-refractivity contribution is 5.98. The monoisotopic (exact) mass is 251 g/mol. The molecule has 0 aliphatic rings. The van der Waals surface area contributed by atoms with Gasteiger partial charge in [0.2, 0.25) is 5.91 Å². The number of nitro groups is 1. The third-order valence-corrected chi connectivity index (χ3v) is 2.22. The van der Waals surface area contributed by atoms with E-state index in [1.54, 1.807) is 0 Å². The maximum atomic E-state index is 11.6. The molecule has 7 heteroatoms. The first-order chi connectivity index (χ1) is 8.47. The van der Waals surface area contributed by atoms with Crippen molar-refractivity contribution in [1.82, 2.24) is 0 Å². The lowest BCUT2D eigenvalue weighted by atomic mass is 10.2. The Bertz CT molecular complexity index is 487. The van der Waals surface area contributed by atoms with Crippen molar-refractivity contribution >= 4 is 17.3 Å². The number of hydrogen-bond donors (Lipinski definition) is 3. The highest BCUT2D eigenvalue weighted by Crippen LogP contribution is 2.33. The Morgan fingerprint density at radius 1 is 1.67 bits per heavy atom. The average molecular weight is 251 g/mol. The van der Waals surface area contributed by atoms with Gasteiger partial charge < -0.3 is 16.2 Å². The van der Waals surface area contributed by atoms with Crippen LogP contribution >= 0.6 is 0 Å². The molecule has 0 radical (unpaired) electrons. The van der Waals surface area contributed by atoms with Gasteiger partial charge in [0.25, 0.3) is 5.69 Å². The second kappa shape index (κ2) is 5.78. The van der Waals surface area contributed by atoms with E-state index in [4.69, 9.17) is 5.73 Å². The molecule has 96 valence electrons. The first-order valence-electron chi connectivity index (χ1n) is 5.11. The van der Waals surface area contributed by atoms with Gasteiger partial charge in [0.15, 0.2) is 5.69 Å². The number of benzene rings is 1. The molecule has 18 heavy (non-hydrogen) atoms.